The quantitative estimate of drug-likeness (QED) is 0.631. The molecule has 0 bridgehead atoms. The van der Waals surface area contributed by atoms with E-state index in [9.17, 15) is 0 Å². The SMILES string of the molecule is CC(C)(C)OCCCOC(C)(C)C. The highest BCUT2D eigenvalue weighted by Gasteiger charge is 2.11. The van der Waals surface area contributed by atoms with Crippen LogP contribution in [0.1, 0.15) is 48.0 Å². The molecule has 0 rings (SSSR count). The maximum Gasteiger partial charge on any atom is 0.0598 e. The van der Waals surface area contributed by atoms with Crippen LogP contribution in [0.3, 0.4) is 0 Å². The molecule has 0 aromatic carbocycles. The molecule has 80 valence electrons. The van der Waals surface area contributed by atoms with Crippen molar-refractivity contribution in [3.8, 4) is 0 Å². The monoisotopic (exact) mass is 188 g/mol. The van der Waals surface area contributed by atoms with Crippen LogP contribution in [-0.4, -0.2) is 24.4 Å². The van der Waals surface area contributed by atoms with E-state index in [0.29, 0.717) is 0 Å². The summed E-state index contributed by atoms with van der Waals surface area (Å²) in [6.07, 6.45) is 0.967. The zero-order chi connectivity index (χ0) is 10.5. The minimum absolute atomic E-state index is 0.0261. The average Bonchev–Trinajstić information content (AvgIpc) is 1.81. The van der Waals surface area contributed by atoms with Crippen molar-refractivity contribution in [2.24, 2.45) is 0 Å². The molecule has 0 amide bonds. The van der Waals surface area contributed by atoms with Gasteiger partial charge in [0.25, 0.3) is 0 Å². The Hall–Kier alpha value is -0.0800. The van der Waals surface area contributed by atoms with Crippen molar-refractivity contribution in [1.29, 1.82) is 0 Å². The van der Waals surface area contributed by atoms with Gasteiger partial charge in [-0.05, 0) is 48.0 Å². The zero-order valence-electron chi connectivity index (χ0n) is 9.94. The molecule has 13 heavy (non-hydrogen) atoms. The van der Waals surface area contributed by atoms with Crippen molar-refractivity contribution in [1.82, 2.24) is 0 Å². The predicted molar refractivity (Wildman–Crippen MR) is 56.0 cm³/mol. The van der Waals surface area contributed by atoms with Crippen LogP contribution in [0.5, 0.6) is 0 Å². The fraction of sp³-hybridized carbons (Fsp3) is 1.00. The number of hydrogen-bond donors (Lipinski definition) is 0. The summed E-state index contributed by atoms with van der Waals surface area (Å²) >= 11 is 0. The fourth-order valence-corrected chi connectivity index (χ4v) is 0.816. The van der Waals surface area contributed by atoms with Gasteiger partial charge in [0.2, 0.25) is 0 Å². The van der Waals surface area contributed by atoms with Crippen molar-refractivity contribution >= 4 is 0 Å². The van der Waals surface area contributed by atoms with Gasteiger partial charge < -0.3 is 9.47 Å². The average molecular weight is 188 g/mol. The normalized spacial score (nSPS) is 13.4. The van der Waals surface area contributed by atoms with Crippen LogP contribution in [0.4, 0.5) is 0 Å². The van der Waals surface area contributed by atoms with Crippen LogP contribution in [-0.2, 0) is 9.47 Å². The smallest absolute Gasteiger partial charge is 0.0598 e. The summed E-state index contributed by atoms with van der Waals surface area (Å²) in [6.45, 7) is 14.0. The van der Waals surface area contributed by atoms with Gasteiger partial charge in [-0.1, -0.05) is 0 Å². The van der Waals surface area contributed by atoms with E-state index < -0.39 is 0 Å². The van der Waals surface area contributed by atoms with Crippen molar-refractivity contribution in [3.05, 3.63) is 0 Å². The second-order valence-electron chi connectivity index (χ2n) is 5.28. The Morgan fingerprint density at radius 3 is 1.23 bits per heavy atom. The molecule has 0 aromatic heterocycles. The minimum Gasteiger partial charge on any atom is -0.376 e. The zero-order valence-corrected chi connectivity index (χ0v) is 9.94. The third kappa shape index (κ3) is 11.9. The van der Waals surface area contributed by atoms with Crippen molar-refractivity contribution < 1.29 is 9.47 Å². The molecular weight excluding hydrogens is 164 g/mol. The molecule has 0 N–H and O–H groups in total. The van der Waals surface area contributed by atoms with Crippen LogP contribution in [0, 0.1) is 0 Å². The lowest BCUT2D eigenvalue weighted by atomic mass is 10.2. The molecule has 0 unspecified atom stereocenters. The molecule has 0 atom stereocenters. The second-order valence-corrected chi connectivity index (χ2v) is 5.28. The van der Waals surface area contributed by atoms with E-state index in [1.165, 1.54) is 0 Å². The number of ether oxygens (including phenoxy) is 2. The molecule has 0 fully saturated rings. The Bertz CT molecular complexity index is 112. The maximum absolute atomic E-state index is 5.56. The van der Waals surface area contributed by atoms with Gasteiger partial charge in [0.05, 0.1) is 11.2 Å². The largest absolute Gasteiger partial charge is 0.376 e. The molecule has 0 aromatic rings. The summed E-state index contributed by atoms with van der Waals surface area (Å²) in [5, 5.41) is 0. The first kappa shape index (κ1) is 12.9. The lowest BCUT2D eigenvalue weighted by Crippen LogP contribution is -2.23. The molecule has 0 radical (unpaired) electrons. The molecule has 0 saturated heterocycles. The molecule has 0 aliphatic heterocycles. The molecule has 0 aliphatic carbocycles. The predicted octanol–water partition coefficient (Wildman–Crippen LogP) is 3.01. The van der Waals surface area contributed by atoms with Crippen LogP contribution in [0.2, 0.25) is 0 Å². The Balaban J connectivity index is 3.28. The first-order valence-electron chi connectivity index (χ1n) is 4.99. The van der Waals surface area contributed by atoms with E-state index in [0.717, 1.165) is 19.6 Å². The van der Waals surface area contributed by atoms with E-state index in [1.807, 2.05) is 0 Å². The summed E-state index contributed by atoms with van der Waals surface area (Å²) in [5.74, 6) is 0. The standard InChI is InChI=1S/C11H24O2/c1-10(2,3)12-8-7-9-13-11(4,5)6/h7-9H2,1-6H3. The van der Waals surface area contributed by atoms with Crippen LogP contribution < -0.4 is 0 Å². The third-order valence-electron chi connectivity index (χ3n) is 1.36. The maximum atomic E-state index is 5.56. The molecule has 2 heteroatoms. The van der Waals surface area contributed by atoms with E-state index in [1.54, 1.807) is 0 Å². The topological polar surface area (TPSA) is 18.5 Å². The Morgan fingerprint density at radius 1 is 0.692 bits per heavy atom. The van der Waals surface area contributed by atoms with Gasteiger partial charge in [0.15, 0.2) is 0 Å². The van der Waals surface area contributed by atoms with Crippen LogP contribution in [0.25, 0.3) is 0 Å². The lowest BCUT2D eigenvalue weighted by molar-refractivity contribution is -0.0394. The highest BCUT2D eigenvalue weighted by atomic mass is 16.5. The van der Waals surface area contributed by atoms with Gasteiger partial charge in [-0.2, -0.15) is 0 Å². The van der Waals surface area contributed by atoms with E-state index in [2.05, 4.69) is 41.5 Å². The summed E-state index contributed by atoms with van der Waals surface area (Å²) < 4.78 is 11.1. The van der Waals surface area contributed by atoms with E-state index in [4.69, 9.17) is 9.47 Å². The first-order chi connectivity index (χ1) is 5.71. The van der Waals surface area contributed by atoms with Crippen molar-refractivity contribution in [2.75, 3.05) is 13.2 Å². The number of rotatable bonds is 4. The van der Waals surface area contributed by atoms with Crippen LogP contribution in [0.15, 0.2) is 0 Å². The fourth-order valence-electron chi connectivity index (χ4n) is 0.816. The third-order valence-corrected chi connectivity index (χ3v) is 1.36. The van der Waals surface area contributed by atoms with Crippen LogP contribution >= 0.6 is 0 Å². The molecule has 0 heterocycles. The second kappa shape index (κ2) is 4.97. The van der Waals surface area contributed by atoms with E-state index >= 15 is 0 Å². The van der Waals surface area contributed by atoms with Crippen molar-refractivity contribution in [2.45, 2.75) is 59.2 Å². The van der Waals surface area contributed by atoms with Crippen molar-refractivity contribution in [3.63, 3.8) is 0 Å². The van der Waals surface area contributed by atoms with E-state index in [-0.39, 0.29) is 11.2 Å². The molecule has 0 spiro atoms. The van der Waals surface area contributed by atoms with Gasteiger partial charge in [0, 0.05) is 13.2 Å². The Morgan fingerprint density at radius 2 is 1.00 bits per heavy atom. The summed E-state index contributed by atoms with van der Waals surface area (Å²) in [4.78, 5) is 0. The lowest BCUT2D eigenvalue weighted by Gasteiger charge is -2.22. The summed E-state index contributed by atoms with van der Waals surface area (Å²) in [6, 6.07) is 0. The van der Waals surface area contributed by atoms with Gasteiger partial charge in [-0.25, -0.2) is 0 Å². The summed E-state index contributed by atoms with van der Waals surface area (Å²) in [7, 11) is 0. The summed E-state index contributed by atoms with van der Waals surface area (Å²) in [5.41, 5.74) is -0.0521. The highest BCUT2D eigenvalue weighted by molar-refractivity contribution is 4.60. The molecule has 2 nitrogen and oxygen atoms in total. The van der Waals surface area contributed by atoms with Gasteiger partial charge in [-0.15, -0.1) is 0 Å². The molecule has 0 aliphatic rings. The Labute approximate surface area is 82.6 Å². The first-order valence-corrected chi connectivity index (χ1v) is 4.99. The Kier molecular flexibility index (Phi) is 4.93. The van der Waals surface area contributed by atoms with Gasteiger partial charge in [-0.3, -0.25) is 0 Å². The molecule has 0 saturated carbocycles. The van der Waals surface area contributed by atoms with Gasteiger partial charge >= 0.3 is 0 Å². The molecular formula is C11H24O2. The van der Waals surface area contributed by atoms with Gasteiger partial charge in [0.1, 0.15) is 0 Å². The minimum atomic E-state index is -0.0261. The highest BCUT2D eigenvalue weighted by Crippen LogP contribution is 2.09. The number of hydrogen-bond acceptors (Lipinski definition) is 2.